The third kappa shape index (κ3) is 3.34. The Morgan fingerprint density at radius 3 is 2.81 bits per heavy atom. The summed E-state index contributed by atoms with van der Waals surface area (Å²) in [5.74, 6) is 0.733. The van der Waals surface area contributed by atoms with Crippen molar-refractivity contribution in [1.29, 1.82) is 0 Å². The highest BCUT2D eigenvalue weighted by atomic mass is 32.1. The molecule has 4 rings (SSSR count). The lowest BCUT2D eigenvalue weighted by Crippen LogP contribution is -2.15. The van der Waals surface area contributed by atoms with Crippen LogP contribution in [0.15, 0.2) is 60.1 Å². The molecule has 1 aromatic carbocycles. The fourth-order valence-corrected chi connectivity index (χ4v) is 3.55. The van der Waals surface area contributed by atoms with Crippen LogP contribution in [0.2, 0.25) is 0 Å². The van der Waals surface area contributed by atoms with Crippen LogP contribution < -0.4 is 5.32 Å². The van der Waals surface area contributed by atoms with Gasteiger partial charge in [-0.15, -0.1) is 16.4 Å². The van der Waals surface area contributed by atoms with Crippen molar-refractivity contribution in [3.8, 4) is 10.6 Å². The van der Waals surface area contributed by atoms with Gasteiger partial charge in [0.1, 0.15) is 0 Å². The molecule has 26 heavy (non-hydrogen) atoms. The van der Waals surface area contributed by atoms with Crippen LogP contribution in [-0.4, -0.2) is 25.5 Å². The highest BCUT2D eigenvalue weighted by molar-refractivity contribution is 7.13. The Kier molecular flexibility index (Phi) is 4.45. The summed E-state index contributed by atoms with van der Waals surface area (Å²) in [6.45, 7) is 2.03. The van der Waals surface area contributed by atoms with Crippen molar-refractivity contribution in [2.24, 2.45) is 0 Å². The zero-order valence-electron chi connectivity index (χ0n) is 14.2. The molecule has 1 amide bonds. The van der Waals surface area contributed by atoms with Crippen LogP contribution in [0.4, 0.5) is 5.95 Å². The second kappa shape index (κ2) is 7.05. The first-order chi connectivity index (χ1) is 12.7. The molecule has 1 atom stereocenters. The topological polar surface area (TPSA) is 72.2 Å². The first-order valence-electron chi connectivity index (χ1n) is 8.31. The molecular weight excluding hydrogens is 346 g/mol. The average Bonchev–Trinajstić information content (AvgIpc) is 3.31. The van der Waals surface area contributed by atoms with Crippen molar-refractivity contribution in [3.63, 3.8) is 0 Å². The molecule has 0 bridgehead atoms. The Morgan fingerprint density at radius 1 is 1.19 bits per heavy atom. The van der Waals surface area contributed by atoms with Crippen LogP contribution in [0.5, 0.6) is 0 Å². The van der Waals surface area contributed by atoms with Gasteiger partial charge in [0.05, 0.1) is 10.6 Å². The van der Waals surface area contributed by atoms with Crippen LogP contribution >= 0.6 is 11.3 Å². The molecule has 0 radical (unpaired) electrons. The maximum absolute atomic E-state index is 12.4. The Balaban J connectivity index is 1.52. The molecule has 0 spiro atoms. The summed E-state index contributed by atoms with van der Waals surface area (Å²) in [5, 5.41) is 9.20. The van der Waals surface area contributed by atoms with E-state index in [2.05, 4.69) is 20.4 Å². The van der Waals surface area contributed by atoms with Gasteiger partial charge in [-0.3, -0.25) is 10.1 Å². The number of hydrogen-bond donors (Lipinski definition) is 1. The monoisotopic (exact) mass is 363 g/mol. The third-order valence-electron chi connectivity index (χ3n) is 4.13. The summed E-state index contributed by atoms with van der Waals surface area (Å²) in [6, 6.07) is 15.9. The number of thiophene rings is 1. The van der Waals surface area contributed by atoms with Gasteiger partial charge in [0, 0.05) is 12.6 Å². The predicted octanol–water partition coefficient (Wildman–Crippen LogP) is 3.99. The zero-order valence-corrected chi connectivity index (χ0v) is 15.0. The molecule has 3 heterocycles. The van der Waals surface area contributed by atoms with E-state index in [1.54, 1.807) is 22.0 Å². The van der Waals surface area contributed by atoms with Crippen LogP contribution in [0.25, 0.3) is 16.3 Å². The summed E-state index contributed by atoms with van der Waals surface area (Å²) in [4.78, 5) is 22.0. The minimum absolute atomic E-state index is 0.116. The molecule has 3 aromatic heterocycles. The largest absolute Gasteiger partial charge is 0.293 e. The summed E-state index contributed by atoms with van der Waals surface area (Å²) in [7, 11) is 0. The molecule has 0 fully saturated rings. The molecular formula is C19H17N5OS. The summed E-state index contributed by atoms with van der Waals surface area (Å²) in [5.41, 5.74) is 2.03. The van der Waals surface area contributed by atoms with E-state index in [1.807, 2.05) is 60.8 Å². The number of anilines is 1. The molecule has 6 nitrogen and oxygen atoms in total. The van der Waals surface area contributed by atoms with Crippen LogP contribution in [0, 0.1) is 0 Å². The second-order valence-corrected chi connectivity index (χ2v) is 6.97. The highest BCUT2D eigenvalue weighted by Gasteiger charge is 2.15. The zero-order chi connectivity index (χ0) is 17.9. The van der Waals surface area contributed by atoms with Crippen LogP contribution in [0.3, 0.4) is 0 Å². The molecule has 1 unspecified atom stereocenters. The normalized spacial score (nSPS) is 12.2. The second-order valence-electron chi connectivity index (χ2n) is 6.02. The minimum atomic E-state index is -0.116. The SMILES string of the molecule is CC(CC(=O)Nc1nc2nccc(-c3cccs3)n2n1)c1ccccc1. The van der Waals surface area contributed by atoms with Crippen molar-refractivity contribution in [3.05, 3.63) is 65.7 Å². The summed E-state index contributed by atoms with van der Waals surface area (Å²) < 4.78 is 1.65. The van der Waals surface area contributed by atoms with Crippen LogP contribution in [-0.2, 0) is 4.79 Å². The number of carbonyl (C=O) groups excluding carboxylic acids is 1. The number of aromatic nitrogens is 4. The first-order valence-corrected chi connectivity index (χ1v) is 9.19. The molecule has 0 saturated carbocycles. The first kappa shape index (κ1) is 16.4. The average molecular weight is 363 g/mol. The fraction of sp³-hybridized carbons (Fsp3) is 0.158. The number of amides is 1. The van der Waals surface area contributed by atoms with Crippen molar-refractivity contribution >= 4 is 29.0 Å². The quantitative estimate of drug-likeness (QED) is 0.582. The molecule has 0 aliphatic carbocycles. The van der Waals surface area contributed by atoms with E-state index < -0.39 is 0 Å². The summed E-state index contributed by atoms with van der Waals surface area (Å²) >= 11 is 1.62. The number of hydrogen-bond acceptors (Lipinski definition) is 5. The standard InChI is InChI=1S/C19H17N5OS/c1-13(14-6-3-2-4-7-14)12-17(25)21-18-22-19-20-10-9-15(24(19)23-18)16-8-5-11-26-16/h2-11,13H,12H2,1H3,(H,21,23,25). The predicted molar refractivity (Wildman–Crippen MR) is 102 cm³/mol. The summed E-state index contributed by atoms with van der Waals surface area (Å²) in [6.07, 6.45) is 2.06. The van der Waals surface area contributed by atoms with E-state index in [4.69, 9.17) is 0 Å². The molecule has 7 heteroatoms. The van der Waals surface area contributed by atoms with E-state index in [0.29, 0.717) is 12.2 Å². The number of carbonyl (C=O) groups is 1. The molecule has 0 aliphatic rings. The fourth-order valence-electron chi connectivity index (χ4n) is 2.81. The Hall–Kier alpha value is -3.06. The number of fused-ring (bicyclic) bond motifs is 1. The van der Waals surface area contributed by atoms with Gasteiger partial charge in [0.25, 0.3) is 11.7 Å². The maximum atomic E-state index is 12.4. The van der Waals surface area contributed by atoms with Crippen molar-refractivity contribution in [1.82, 2.24) is 19.6 Å². The lowest BCUT2D eigenvalue weighted by atomic mass is 9.98. The molecule has 0 aliphatic heterocycles. The maximum Gasteiger partial charge on any atom is 0.254 e. The number of nitrogens with zero attached hydrogens (tertiary/aromatic N) is 4. The Labute approximate surface area is 154 Å². The number of nitrogens with one attached hydrogen (secondary N) is 1. The van der Waals surface area contributed by atoms with Gasteiger partial charge >= 0.3 is 0 Å². The minimum Gasteiger partial charge on any atom is -0.293 e. The van der Waals surface area contributed by atoms with Crippen LogP contribution in [0.1, 0.15) is 24.8 Å². The number of rotatable bonds is 5. The van der Waals surface area contributed by atoms with E-state index in [0.717, 1.165) is 16.1 Å². The van der Waals surface area contributed by atoms with Gasteiger partial charge in [-0.05, 0) is 29.0 Å². The van der Waals surface area contributed by atoms with Gasteiger partial charge in [-0.2, -0.15) is 9.50 Å². The van der Waals surface area contributed by atoms with Crippen molar-refractivity contribution in [2.45, 2.75) is 19.3 Å². The highest BCUT2D eigenvalue weighted by Crippen LogP contribution is 2.24. The molecule has 130 valence electrons. The Morgan fingerprint density at radius 2 is 2.04 bits per heavy atom. The van der Waals surface area contributed by atoms with E-state index >= 15 is 0 Å². The molecule has 4 aromatic rings. The van der Waals surface area contributed by atoms with E-state index in [1.165, 1.54) is 0 Å². The molecule has 1 N–H and O–H groups in total. The Bertz CT molecular complexity index is 1030. The molecule has 0 saturated heterocycles. The van der Waals surface area contributed by atoms with Gasteiger partial charge < -0.3 is 0 Å². The van der Waals surface area contributed by atoms with Crippen molar-refractivity contribution in [2.75, 3.05) is 5.32 Å². The van der Waals surface area contributed by atoms with E-state index in [9.17, 15) is 4.79 Å². The van der Waals surface area contributed by atoms with Crippen molar-refractivity contribution < 1.29 is 4.79 Å². The lowest BCUT2D eigenvalue weighted by molar-refractivity contribution is -0.116. The van der Waals surface area contributed by atoms with Gasteiger partial charge in [-0.25, -0.2) is 4.98 Å². The third-order valence-corrected chi connectivity index (χ3v) is 5.02. The van der Waals surface area contributed by atoms with Gasteiger partial charge in [-0.1, -0.05) is 43.3 Å². The lowest BCUT2D eigenvalue weighted by Gasteiger charge is -2.10. The number of benzene rings is 1. The van der Waals surface area contributed by atoms with Gasteiger partial charge in [0.2, 0.25) is 5.91 Å². The van der Waals surface area contributed by atoms with E-state index in [-0.39, 0.29) is 17.8 Å². The smallest absolute Gasteiger partial charge is 0.254 e. The van der Waals surface area contributed by atoms with Gasteiger partial charge in [0.15, 0.2) is 0 Å².